The molecule has 1 aromatic carbocycles. The number of ether oxygens (including phenoxy) is 2. The summed E-state index contributed by atoms with van der Waals surface area (Å²) in [6.45, 7) is 2.51. The number of esters is 1. The molecule has 2 aliphatic heterocycles. The van der Waals surface area contributed by atoms with Gasteiger partial charge in [0.05, 0.1) is 12.2 Å². The summed E-state index contributed by atoms with van der Waals surface area (Å²) in [6.07, 6.45) is 3.38. The summed E-state index contributed by atoms with van der Waals surface area (Å²) in [7, 11) is 0. The van der Waals surface area contributed by atoms with Gasteiger partial charge in [-0.15, -0.1) is 0 Å². The molecule has 4 heteroatoms. The Kier molecular flexibility index (Phi) is 4.27. The minimum atomic E-state index is -0.534. The standard InChI is InChI=1S/C17H23NO3/c1-11-7-14-8-13(9-15(11)21-14)16(18)17(19)20-10-12-5-3-2-4-6-12/h2-6,11,13-16H,7-10,18H2,1H3. The topological polar surface area (TPSA) is 61.6 Å². The minimum absolute atomic E-state index is 0.182. The summed E-state index contributed by atoms with van der Waals surface area (Å²) >= 11 is 0. The Hall–Kier alpha value is -1.39. The van der Waals surface area contributed by atoms with Crippen molar-refractivity contribution in [1.29, 1.82) is 0 Å². The van der Waals surface area contributed by atoms with Crippen LogP contribution in [0.1, 0.15) is 31.7 Å². The first-order valence-electron chi connectivity index (χ1n) is 7.75. The Morgan fingerprint density at radius 3 is 2.81 bits per heavy atom. The largest absolute Gasteiger partial charge is 0.460 e. The lowest BCUT2D eigenvalue weighted by atomic mass is 9.88. The molecule has 3 rings (SSSR count). The molecule has 0 saturated carbocycles. The van der Waals surface area contributed by atoms with E-state index in [0.717, 1.165) is 24.8 Å². The van der Waals surface area contributed by atoms with E-state index in [1.54, 1.807) is 0 Å². The fourth-order valence-electron chi connectivity index (χ4n) is 3.49. The molecule has 5 atom stereocenters. The summed E-state index contributed by atoms with van der Waals surface area (Å²) in [5.74, 6) is 0.465. The molecule has 2 heterocycles. The Balaban J connectivity index is 1.53. The second-order valence-corrected chi connectivity index (χ2v) is 6.36. The highest BCUT2D eigenvalue weighted by molar-refractivity contribution is 5.75. The van der Waals surface area contributed by atoms with Gasteiger partial charge in [0, 0.05) is 0 Å². The van der Waals surface area contributed by atoms with Crippen molar-refractivity contribution in [3.63, 3.8) is 0 Å². The molecule has 2 saturated heterocycles. The van der Waals surface area contributed by atoms with Crippen LogP contribution in [-0.4, -0.2) is 24.2 Å². The number of hydrogen-bond donors (Lipinski definition) is 1. The molecule has 0 aliphatic carbocycles. The molecular weight excluding hydrogens is 266 g/mol. The second kappa shape index (κ2) is 6.16. The van der Waals surface area contributed by atoms with Crippen LogP contribution in [0.15, 0.2) is 30.3 Å². The predicted molar refractivity (Wildman–Crippen MR) is 79.4 cm³/mol. The average molecular weight is 289 g/mol. The number of hydrogen-bond acceptors (Lipinski definition) is 4. The van der Waals surface area contributed by atoms with Gasteiger partial charge in [0.1, 0.15) is 12.6 Å². The molecule has 1 aromatic rings. The van der Waals surface area contributed by atoms with Crippen LogP contribution in [0.5, 0.6) is 0 Å². The van der Waals surface area contributed by atoms with Gasteiger partial charge in [0.25, 0.3) is 0 Å². The molecular formula is C17H23NO3. The summed E-state index contributed by atoms with van der Waals surface area (Å²) in [6, 6.07) is 9.15. The maximum Gasteiger partial charge on any atom is 0.323 e. The molecule has 114 valence electrons. The fraction of sp³-hybridized carbons (Fsp3) is 0.588. The van der Waals surface area contributed by atoms with E-state index in [9.17, 15) is 4.79 Å². The highest BCUT2D eigenvalue weighted by atomic mass is 16.5. The van der Waals surface area contributed by atoms with Gasteiger partial charge in [-0.25, -0.2) is 0 Å². The maximum atomic E-state index is 12.1. The molecule has 2 N–H and O–H groups in total. The summed E-state index contributed by atoms with van der Waals surface area (Å²) < 4.78 is 11.2. The van der Waals surface area contributed by atoms with Crippen LogP contribution >= 0.6 is 0 Å². The van der Waals surface area contributed by atoms with Gasteiger partial charge in [0.15, 0.2) is 0 Å². The SMILES string of the molecule is CC1CC2CC(C(N)C(=O)OCc3ccccc3)CC1O2. The Morgan fingerprint density at radius 2 is 2.10 bits per heavy atom. The van der Waals surface area contributed by atoms with E-state index in [4.69, 9.17) is 15.2 Å². The first-order chi connectivity index (χ1) is 10.1. The van der Waals surface area contributed by atoms with E-state index < -0.39 is 6.04 Å². The zero-order valence-electron chi connectivity index (χ0n) is 12.4. The van der Waals surface area contributed by atoms with Crippen LogP contribution in [0.25, 0.3) is 0 Å². The maximum absolute atomic E-state index is 12.1. The number of carbonyl (C=O) groups is 1. The molecule has 4 nitrogen and oxygen atoms in total. The zero-order valence-corrected chi connectivity index (χ0v) is 12.4. The summed E-state index contributed by atoms with van der Waals surface area (Å²) in [4.78, 5) is 12.1. The average Bonchev–Trinajstić information content (AvgIpc) is 2.77. The first-order valence-corrected chi connectivity index (χ1v) is 7.75. The van der Waals surface area contributed by atoms with Crippen molar-refractivity contribution in [2.45, 2.75) is 51.0 Å². The lowest BCUT2D eigenvalue weighted by Crippen LogP contribution is -2.44. The first kappa shape index (κ1) is 14.5. The van der Waals surface area contributed by atoms with Gasteiger partial charge in [-0.05, 0) is 36.7 Å². The van der Waals surface area contributed by atoms with E-state index in [1.165, 1.54) is 0 Å². The van der Waals surface area contributed by atoms with Gasteiger partial charge in [0.2, 0.25) is 0 Å². The monoisotopic (exact) mass is 289 g/mol. The van der Waals surface area contributed by atoms with Crippen molar-refractivity contribution in [2.75, 3.05) is 0 Å². The lowest BCUT2D eigenvalue weighted by molar-refractivity contribution is -0.149. The van der Waals surface area contributed by atoms with E-state index in [1.807, 2.05) is 30.3 Å². The predicted octanol–water partition coefficient (Wildman–Crippen LogP) is 2.26. The molecule has 0 amide bonds. The van der Waals surface area contributed by atoms with Crippen LogP contribution in [0.3, 0.4) is 0 Å². The Morgan fingerprint density at radius 1 is 1.33 bits per heavy atom. The van der Waals surface area contributed by atoms with E-state index >= 15 is 0 Å². The highest BCUT2D eigenvalue weighted by Gasteiger charge is 2.43. The number of benzene rings is 1. The molecule has 21 heavy (non-hydrogen) atoms. The Bertz CT molecular complexity index is 488. The van der Waals surface area contributed by atoms with Crippen LogP contribution in [-0.2, 0) is 20.9 Å². The van der Waals surface area contributed by atoms with Crippen molar-refractivity contribution < 1.29 is 14.3 Å². The fourth-order valence-corrected chi connectivity index (χ4v) is 3.49. The minimum Gasteiger partial charge on any atom is -0.460 e. The van der Waals surface area contributed by atoms with Crippen LogP contribution in [0, 0.1) is 11.8 Å². The van der Waals surface area contributed by atoms with Crippen molar-refractivity contribution in [2.24, 2.45) is 17.6 Å². The lowest BCUT2D eigenvalue weighted by Gasteiger charge is -2.31. The number of carbonyl (C=O) groups excluding carboxylic acids is 1. The Labute approximate surface area is 125 Å². The van der Waals surface area contributed by atoms with E-state index in [0.29, 0.717) is 12.5 Å². The summed E-state index contributed by atoms with van der Waals surface area (Å²) in [5, 5.41) is 0. The molecule has 0 radical (unpaired) electrons. The number of fused-ring (bicyclic) bond motifs is 2. The highest BCUT2D eigenvalue weighted by Crippen LogP contribution is 2.40. The van der Waals surface area contributed by atoms with Crippen LogP contribution in [0.4, 0.5) is 0 Å². The zero-order chi connectivity index (χ0) is 14.8. The molecule has 0 aromatic heterocycles. The molecule has 2 aliphatic rings. The van der Waals surface area contributed by atoms with E-state index in [2.05, 4.69) is 6.92 Å². The molecule has 2 fully saturated rings. The van der Waals surface area contributed by atoms with Gasteiger partial charge < -0.3 is 15.2 Å². The van der Waals surface area contributed by atoms with Crippen molar-refractivity contribution in [1.82, 2.24) is 0 Å². The van der Waals surface area contributed by atoms with Gasteiger partial charge >= 0.3 is 5.97 Å². The third kappa shape index (κ3) is 3.27. The number of rotatable bonds is 4. The number of nitrogens with two attached hydrogens (primary N) is 1. The van der Waals surface area contributed by atoms with Crippen molar-refractivity contribution in [3.05, 3.63) is 35.9 Å². The van der Waals surface area contributed by atoms with Gasteiger partial charge in [-0.1, -0.05) is 37.3 Å². The van der Waals surface area contributed by atoms with Crippen molar-refractivity contribution >= 4 is 5.97 Å². The second-order valence-electron chi connectivity index (χ2n) is 6.36. The molecule has 0 spiro atoms. The molecule has 5 unspecified atom stereocenters. The van der Waals surface area contributed by atoms with E-state index in [-0.39, 0.29) is 24.1 Å². The molecule has 2 bridgehead atoms. The smallest absolute Gasteiger partial charge is 0.323 e. The summed E-state index contributed by atoms with van der Waals surface area (Å²) in [5.41, 5.74) is 7.11. The third-order valence-corrected chi connectivity index (χ3v) is 4.74. The van der Waals surface area contributed by atoms with Gasteiger partial charge in [-0.2, -0.15) is 0 Å². The van der Waals surface area contributed by atoms with Crippen LogP contribution in [0.2, 0.25) is 0 Å². The van der Waals surface area contributed by atoms with Crippen LogP contribution < -0.4 is 5.73 Å². The van der Waals surface area contributed by atoms with Crippen molar-refractivity contribution in [3.8, 4) is 0 Å². The third-order valence-electron chi connectivity index (χ3n) is 4.74. The normalized spacial score (nSPS) is 32.7. The quantitative estimate of drug-likeness (QED) is 0.864. The van der Waals surface area contributed by atoms with Gasteiger partial charge in [-0.3, -0.25) is 4.79 Å².